The van der Waals surface area contributed by atoms with Crippen LogP contribution >= 0.6 is 0 Å². The Bertz CT molecular complexity index is 1050. The van der Waals surface area contributed by atoms with Crippen molar-refractivity contribution in [3.8, 4) is 11.1 Å². The van der Waals surface area contributed by atoms with Crippen molar-refractivity contribution < 1.29 is 22.1 Å². The zero-order chi connectivity index (χ0) is 19.4. The van der Waals surface area contributed by atoms with E-state index in [1.807, 2.05) is 31.2 Å². The van der Waals surface area contributed by atoms with Gasteiger partial charge in [-0.2, -0.15) is 4.39 Å². The number of halogens is 1. The summed E-state index contributed by atoms with van der Waals surface area (Å²) in [6.45, 7) is 4.14. The molecule has 8 heteroatoms. The molecule has 2 aromatic carbocycles. The van der Waals surface area contributed by atoms with E-state index >= 15 is 0 Å². The molecule has 0 saturated carbocycles. The van der Waals surface area contributed by atoms with Crippen LogP contribution in [-0.4, -0.2) is 20.2 Å². The van der Waals surface area contributed by atoms with Crippen molar-refractivity contribution in [2.75, 3.05) is 11.3 Å². The molecule has 1 aromatic heterocycles. The zero-order valence-corrected chi connectivity index (χ0v) is 15.7. The van der Waals surface area contributed by atoms with Crippen molar-refractivity contribution in [1.82, 2.24) is 5.16 Å². The van der Waals surface area contributed by atoms with Crippen LogP contribution in [0.1, 0.15) is 18.2 Å². The summed E-state index contributed by atoms with van der Waals surface area (Å²) in [6.07, 6.45) is 0. The van der Waals surface area contributed by atoms with E-state index in [1.165, 1.54) is 13.0 Å². The molecule has 0 spiro atoms. The summed E-state index contributed by atoms with van der Waals surface area (Å²) in [7, 11) is -4.09. The van der Waals surface area contributed by atoms with E-state index in [2.05, 4.69) is 14.4 Å². The third-order valence-corrected chi connectivity index (χ3v) is 5.36. The highest BCUT2D eigenvalue weighted by atomic mass is 32.2. The second-order valence-electron chi connectivity index (χ2n) is 5.80. The largest absolute Gasteiger partial charge is 0.377 e. The molecular formula is C19H19FN2O4S. The molecule has 0 aliphatic heterocycles. The lowest BCUT2D eigenvalue weighted by atomic mass is 10.0. The van der Waals surface area contributed by atoms with Crippen LogP contribution in [0.4, 0.5) is 10.2 Å². The van der Waals surface area contributed by atoms with Crippen LogP contribution in [0.3, 0.4) is 0 Å². The highest BCUT2D eigenvalue weighted by Gasteiger charge is 2.24. The van der Waals surface area contributed by atoms with Gasteiger partial charge in [0, 0.05) is 12.2 Å². The summed E-state index contributed by atoms with van der Waals surface area (Å²) in [4.78, 5) is 0.00833. The number of sulfonamides is 1. The third-order valence-electron chi connectivity index (χ3n) is 3.97. The van der Waals surface area contributed by atoms with E-state index in [1.54, 1.807) is 18.2 Å². The Morgan fingerprint density at radius 3 is 2.44 bits per heavy atom. The summed E-state index contributed by atoms with van der Waals surface area (Å²) in [6, 6.07) is 13.9. The van der Waals surface area contributed by atoms with E-state index in [9.17, 15) is 12.8 Å². The number of nitrogens with zero attached hydrogens (tertiary/aromatic N) is 1. The lowest BCUT2D eigenvalue weighted by molar-refractivity contribution is 0.134. The van der Waals surface area contributed by atoms with Crippen molar-refractivity contribution in [2.24, 2.45) is 0 Å². The van der Waals surface area contributed by atoms with Crippen LogP contribution in [0, 0.1) is 12.7 Å². The second kappa shape index (κ2) is 7.89. The Morgan fingerprint density at radius 1 is 1.11 bits per heavy atom. The van der Waals surface area contributed by atoms with Gasteiger partial charge < -0.3 is 9.26 Å². The molecule has 1 N–H and O–H groups in total. The Kier molecular flexibility index (Phi) is 5.57. The molecule has 0 aliphatic carbocycles. The van der Waals surface area contributed by atoms with Crippen molar-refractivity contribution in [2.45, 2.75) is 25.3 Å². The molecule has 0 amide bonds. The number of hydrogen-bond acceptors (Lipinski definition) is 5. The minimum atomic E-state index is -4.09. The Hall–Kier alpha value is -2.71. The summed E-state index contributed by atoms with van der Waals surface area (Å²) in [5.74, 6) is -1.40. The van der Waals surface area contributed by atoms with Gasteiger partial charge in [-0.3, -0.25) is 4.72 Å². The predicted molar refractivity (Wildman–Crippen MR) is 99.2 cm³/mol. The molecule has 0 atom stereocenters. The maximum absolute atomic E-state index is 13.9. The van der Waals surface area contributed by atoms with Crippen LogP contribution in [0.15, 0.2) is 57.9 Å². The first-order valence-corrected chi connectivity index (χ1v) is 9.82. The highest BCUT2D eigenvalue weighted by Crippen LogP contribution is 2.32. The first-order valence-electron chi connectivity index (χ1n) is 8.33. The van der Waals surface area contributed by atoms with Crippen molar-refractivity contribution in [3.05, 3.63) is 65.7 Å². The van der Waals surface area contributed by atoms with E-state index in [-0.39, 0.29) is 10.7 Å². The first kappa shape index (κ1) is 19.1. The maximum atomic E-state index is 13.9. The standard InChI is InChI=1S/C19H19FN2O4S/c1-3-25-12-14-8-4-5-9-15(14)16-10-6-7-11-17(16)27(23,24)22-19-18(20)13(2)26-21-19/h4-11H,3,12H2,1-2H3,(H,21,22). The van der Waals surface area contributed by atoms with Crippen LogP contribution in [0.2, 0.25) is 0 Å². The fourth-order valence-corrected chi connectivity index (χ4v) is 3.87. The van der Waals surface area contributed by atoms with Crippen molar-refractivity contribution >= 4 is 15.8 Å². The molecule has 3 rings (SSSR count). The third kappa shape index (κ3) is 4.01. The SMILES string of the molecule is CCOCc1ccccc1-c1ccccc1S(=O)(=O)Nc1noc(C)c1F. The summed E-state index contributed by atoms with van der Waals surface area (Å²) in [5.41, 5.74) is 2.06. The van der Waals surface area contributed by atoms with Crippen LogP contribution < -0.4 is 4.72 Å². The number of ether oxygens (including phenoxy) is 1. The topological polar surface area (TPSA) is 81.4 Å². The van der Waals surface area contributed by atoms with Gasteiger partial charge in [0.25, 0.3) is 10.0 Å². The monoisotopic (exact) mass is 390 g/mol. The molecule has 6 nitrogen and oxygen atoms in total. The Morgan fingerprint density at radius 2 is 1.78 bits per heavy atom. The van der Waals surface area contributed by atoms with Crippen LogP contribution in [-0.2, 0) is 21.4 Å². The fraction of sp³-hybridized carbons (Fsp3) is 0.211. The molecular weight excluding hydrogens is 371 g/mol. The smallest absolute Gasteiger partial charge is 0.263 e. The molecule has 0 fully saturated rings. The molecule has 142 valence electrons. The van der Waals surface area contributed by atoms with Gasteiger partial charge >= 0.3 is 0 Å². The van der Waals surface area contributed by atoms with Gasteiger partial charge in [0.2, 0.25) is 11.6 Å². The average Bonchev–Trinajstić information content (AvgIpc) is 2.98. The molecule has 0 bridgehead atoms. The quantitative estimate of drug-likeness (QED) is 0.656. The van der Waals surface area contributed by atoms with Gasteiger partial charge in [0.05, 0.1) is 11.5 Å². The number of hydrogen-bond donors (Lipinski definition) is 1. The molecule has 0 aliphatic rings. The van der Waals surface area contributed by atoms with Crippen LogP contribution in [0.5, 0.6) is 0 Å². The number of benzene rings is 2. The molecule has 0 unspecified atom stereocenters. The van der Waals surface area contributed by atoms with Gasteiger partial charge in [0.15, 0.2) is 5.76 Å². The summed E-state index contributed by atoms with van der Waals surface area (Å²) in [5, 5.41) is 3.43. The van der Waals surface area contributed by atoms with Gasteiger partial charge in [-0.1, -0.05) is 47.6 Å². The number of rotatable bonds is 7. The van der Waals surface area contributed by atoms with E-state index in [0.29, 0.717) is 18.8 Å². The predicted octanol–water partition coefficient (Wildman–Crippen LogP) is 4.13. The molecule has 0 radical (unpaired) electrons. The number of anilines is 1. The highest BCUT2D eigenvalue weighted by molar-refractivity contribution is 7.92. The summed E-state index contributed by atoms with van der Waals surface area (Å²) >= 11 is 0. The summed E-state index contributed by atoms with van der Waals surface area (Å²) < 4.78 is 52.0. The number of aryl methyl sites for hydroxylation is 1. The van der Waals surface area contributed by atoms with Gasteiger partial charge in [-0.15, -0.1) is 0 Å². The number of aromatic nitrogens is 1. The normalized spacial score (nSPS) is 11.5. The minimum absolute atomic E-state index is 0.00833. The van der Waals surface area contributed by atoms with Gasteiger partial charge in [0.1, 0.15) is 0 Å². The van der Waals surface area contributed by atoms with E-state index in [0.717, 1.165) is 11.1 Å². The Balaban J connectivity index is 2.06. The van der Waals surface area contributed by atoms with Crippen molar-refractivity contribution in [3.63, 3.8) is 0 Å². The molecule has 0 saturated heterocycles. The van der Waals surface area contributed by atoms with Gasteiger partial charge in [-0.05, 0) is 31.0 Å². The number of nitrogens with one attached hydrogen (secondary N) is 1. The van der Waals surface area contributed by atoms with E-state index < -0.39 is 21.7 Å². The fourth-order valence-electron chi connectivity index (χ4n) is 2.65. The minimum Gasteiger partial charge on any atom is -0.377 e. The zero-order valence-electron chi connectivity index (χ0n) is 14.9. The molecule has 27 heavy (non-hydrogen) atoms. The lowest BCUT2D eigenvalue weighted by Gasteiger charge is -2.14. The maximum Gasteiger partial charge on any atom is 0.263 e. The lowest BCUT2D eigenvalue weighted by Crippen LogP contribution is -2.15. The van der Waals surface area contributed by atoms with Crippen LogP contribution in [0.25, 0.3) is 11.1 Å². The Labute approximate surface area is 157 Å². The van der Waals surface area contributed by atoms with Gasteiger partial charge in [-0.25, -0.2) is 8.42 Å². The van der Waals surface area contributed by atoms with Crippen molar-refractivity contribution in [1.29, 1.82) is 0 Å². The average molecular weight is 390 g/mol. The second-order valence-corrected chi connectivity index (χ2v) is 7.45. The first-order chi connectivity index (χ1) is 12.9. The van der Waals surface area contributed by atoms with E-state index in [4.69, 9.17) is 4.74 Å². The molecule has 3 aromatic rings. The molecule has 1 heterocycles.